The summed E-state index contributed by atoms with van der Waals surface area (Å²) in [5, 5.41) is 0. The Kier molecular flexibility index (Phi) is 4.19. The Morgan fingerprint density at radius 3 is 2.60 bits per heavy atom. The van der Waals surface area contributed by atoms with Crippen LogP contribution in [0.2, 0.25) is 0 Å². The maximum atomic E-state index is 12.5. The van der Waals surface area contributed by atoms with Gasteiger partial charge in [-0.3, -0.25) is 4.40 Å². The van der Waals surface area contributed by atoms with Gasteiger partial charge in [-0.2, -0.15) is 4.58 Å². The summed E-state index contributed by atoms with van der Waals surface area (Å²) in [5.74, 6) is -0.327. The van der Waals surface area contributed by atoms with Gasteiger partial charge in [0.2, 0.25) is 5.69 Å². The summed E-state index contributed by atoms with van der Waals surface area (Å²) in [6.07, 6.45) is 4.30. The highest BCUT2D eigenvalue weighted by Crippen LogP contribution is 2.39. The molecule has 30 heavy (non-hydrogen) atoms. The lowest BCUT2D eigenvalue weighted by atomic mass is 9.81. The maximum Gasteiger partial charge on any atom is 0.355 e. The number of hydrogen-bond donors (Lipinski definition) is 0. The predicted octanol–water partition coefficient (Wildman–Crippen LogP) is 5.66. The van der Waals surface area contributed by atoms with E-state index in [1.54, 1.807) is 11.3 Å². The van der Waals surface area contributed by atoms with Crippen LogP contribution in [0.4, 0.5) is 5.69 Å². The summed E-state index contributed by atoms with van der Waals surface area (Å²) in [7, 11) is 3.54. The molecule has 2 aromatic carbocycles. The number of fused-ring (bicyclic) bond motifs is 4. The Labute approximate surface area is 179 Å². The molecule has 0 radical (unpaired) electrons. The van der Waals surface area contributed by atoms with Gasteiger partial charge in [0, 0.05) is 23.3 Å². The minimum atomic E-state index is -0.327. The number of thiazole rings is 1. The summed E-state index contributed by atoms with van der Waals surface area (Å²) in [5.41, 5.74) is 6.29. The van der Waals surface area contributed by atoms with Gasteiger partial charge < -0.3 is 4.74 Å². The van der Waals surface area contributed by atoms with Crippen LogP contribution < -0.4 is 0 Å². The lowest BCUT2D eigenvalue weighted by Crippen LogP contribution is -2.26. The van der Waals surface area contributed by atoms with E-state index >= 15 is 0 Å². The van der Waals surface area contributed by atoms with E-state index in [0.717, 1.165) is 20.6 Å². The van der Waals surface area contributed by atoms with Gasteiger partial charge in [0.05, 0.1) is 22.7 Å². The van der Waals surface area contributed by atoms with Crippen LogP contribution in [-0.2, 0) is 10.2 Å². The molecular weight excluding hydrogens is 392 g/mol. The number of allylic oxidation sites excluding steroid dienone is 1. The van der Waals surface area contributed by atoms with Gasteiger partial charge in [-0.05, 0) is 38.1 Å². The molecule has 0 saturated carbocycles. The Balaban J connectivity index is 1.67. The standard InChI is InChI=1S/C25H23N2O2S/c1-25(2)17-9-5-6-10-18(17)26(3)22(25)14-13-16-15-20(24(28)29-4)27-19-11-7-8-12-21(19)30-23(16)27/h5-15H,1-4H3/q+1. The maximum absolute atomic E-state index is 12.5. The van der Waals surface area contributed by atoms with Crippen molar-refractivity contribution in [2.45, 2.75) is 19.3 Å². The van der Waals surface area contributed by atoms with Crippen LogP contribution >= 0.6 is 11.3 Å². The SMILES string of the molecule is COC(=O)c1cc(/C=C/C2=[N+](C)c3ccccc3C2(C)C)c2sc3ccccc3n12. The second kappa shape index (κ2) is 6.67. The normalized spacial score (nSPS) is 15.5. The number of rotatable bonds is 3. The first-order chi connectivity index (χ1) is 14.4. The number of para-hydroxylation sites is 2. The van der Waals surface area contributed by atoms with Gasteiger partial charge in [-0.25, -0.2) is 4.79 Å². The average molecular weight is 416 g/mol. The quantitative estimate of drug-likeness (QED) is 0.320. The lowest BCUT2D eigenvalue weighted by Gasteiger charge is -2.15. The summed E-state index contributed by atoms with van der Waals surface area (Å²) in [4.78, 5) is 13.5. The first kappa shape index (κ1) is 18.8. The van der Waals surface area contributed by atoms with E-state index in [1.165, 1.54) is 24.1 Å². The zero-order valence-electron chi connectivity index (χ0n) is 17.5. The number of aromatic nitrogens is 1. The van der Waals surface area contributed by atoms with Crippen LogP contribution in [0.1, 0.15) is 35.5 Å². The van der Waals surface area contributed by atoms with Crippen molar-refractivity contribution in [3.05, 3.63) is 77.5 Å². The number of carbonyl (C=O) groups excluding carboxylic acids is 1. The van der Waals surface area contributed by atoms with Gasteiger partial charge >= 0.3 is 5.97 Å². The predicted molar refractivity (Wildman–Crippen MR) is 123 cm³/mol. The van der Waals surface area contributed by atoms with E-state index in [4.69, 9.17) is 4.74 Å². The Morgan fingerprint density at radius 2 is 1.83 bits per heavy atom. The molecule has 0 unspecified atom stereocenters. The summed E-state index contributed by atoms with van der Waals surface area (Å²) >= 11 is 1.69. The molecule has 2 aromatic heterocycles. The smallest absolute Gasteiger partial charge is 0.355 e. The van der Waals surface area contributed by atoms with Crippen molar-refractivity contribution in [3.8, 4) is 0 Å². The zero-order chi connectivity index (χ0) is 21.0. The second-order valence-electron chi connectivity index (χ2n) is 8.11. The minimum absolute atomic E-state index is 0.0912. The van der Waals surface area contributed by atoms with Crippen molar-refractivity contribution in [2.75, 3.05) is 14.2 Å². The molecule has 0 fully saturated rings. The molecule has 4 nitrogen and oxygen atoms in total. The number of ether oxygens (including phenoxy) is 1. The van der Waals surface area contributed by atoms with Crippen molar-refractivity contribution >= 4 is 49.8 Å². The first-order valence-electron chi connectivity index (χ1n) is 9.93. The van der Waals surface area contributed by atoms with Crippen LogP contribution in [0, 0.1) is 0 Å². The highest BCUT2D eigenvalue weighted by atomic mass is 32.1. The van der Waals surface area contributed by atoms with Crippen LogP contribution in [0.5, 0.6) is 0 Å². The highest BCUT2D eigenvalue weighted by molar-refractivity contribution is 7.24. The van der Waals surface area contributed by atoms with E-state index in [0.29, 0.717) is 5.69 Å². The second-order valence-corrected chi connectivity index (χ2v) is 9.14. The topological polar surface area (TPSA) is 33.7 Å². The van der Waals surface area contributed by atoms with Gasteiger partial charge in [0.1, 0.15) is 17.6 Å². The number of carbonyl (C=O) groups is 1. The lowest BCUT2D eigenvalue weighted by molar-refractivity contribution is -0.401. The molecule has 3 heterocycles. The third-order valence-corrected chi connectivity index (χ3v) is 7.23. The van der Waals surface area contributed by atoms with Gasteiger partial charge in [0.25, 0.3) is 0 Å². The summed E-state index contributed by atoms with van der Waals surface area (Å²) < 4.78 is 10.5. The molecule has 0 N–H and O–H groups in total. The van der Waals surface area contributed by atoms with Crippen molar-refractivity contribution < 1.29 is 14.1 Å². The van der Waals surface area contributed by atoms with Crippen molar-refractivity contribution in [2.24, 2.45) is 0 Å². The van der Waals surface area contributed by atoms with Crippen LogP contribution in [0.3, 0.4) is 0 Å². The van der Waals surface area contributed by atoms with E-state index in [1.807, 2.05) is 28.7 Å². The molecule has 1 aliphatic rings. The molecule has 0 aliphatic carbocycles. The molecule has 0 bridgehead atoms. The average Bonchev–Trinajstić information content (AvgIpc) is 3.36. The van der Waals surface area contributed by atoms with Crippen LogP contribution in [-0.4, -0.2) is 34.8 Å². The van der Waals surface area contributed by atoms with Crippen molar-refractivity contribution in [1.29, 1.82) is 0 Å². The fraction of sp³-hybridized carbons (Fsp3) is 0.200. The van der Waals surface area contributed by atoms with Gasteiger partial charge in [-0.1, -0.05) is 30.3 Å². The number of nitrogens with zero attached hydrogens (tertiary/aromatic N) is 2. The van der Waals surface area contributed by atoms with E-state index in [9.17, 15) is 4.79 Å². The number of benzene rings is 2. The van der Waals surface area contributed by atoms with Gasteiger partial charge in [-0.15, -0.1) is 11.3 Å². The van der Waals surface area contributed by atoms with Gasteiger partial charge in [0.15, 0.2) is 5.71 Å². The monoisotopic (exact) mass is 415 g/mol. The Hall–Kier alpha value is -3.18. The zero-order valence-corrected chi connectivity index (χ0v) is 18.3. The van der Waals surface area contributed by atoms with E-state index < -0.39 is 0 Å². The molecule has 150 valence electrons. The molecule has 0 spiro atoms. The fourth-order valence-corrected chi connectivity index (χ4v) is 5.68. The molecule has 0 atom stereocenters. The largest absolute Gasteiger partial charge is 0.464 e. The van der Waals surface area contributed by atoms with Crippen LogP contribution in [0.15, 0.2) is 60.7 Å². The molecule has 4 aromatic rings. The third-order valence-electron chi connectivity index (χ3n) is 6.05. The first-order valence-corrected chi connectivity index (χ1v) is 10.7. The van der Waals surface area contributed by atoms with E-state index in [-0.39, 0.29) is 11.4 Å². The summed E-state index contributed by atoms with van der Waals surface area (Å²) in [6.45, 7) is 4.51. The Morgan fingerprint density at radius 1 is 1.10 bits per heavy atom. The third kappa shape index (κ3) is 2.58. The number of esters is 1. The minimum Gasteiger partial charge on any atom is -0.464 e. The molecule has 5 heteroatoms. The molecule has 1 aliphatic heterocycles. The molecular formula is C25H23N2O2S+. The molecule has 0 saturated heterocycles. The molecule has 0 amide bonds. The number of methoxy groups -OCH3 is 1. The highest BCUT2D eigenvalue weighted by Gasteiger charge is 2.42. The Bertz CT molecular complexity index is 1380. The summed E-state index contributed by atoms with van der Waals surface area (Å²) in [6, 6.07) is 18.6. The molecule has 5 rings (SSSR count). The van der Waals surface area contributed by atoms with E-state index in [2.05, 4.69) is 68.0 Å². The number of hydrogen-bond acceptors (Lipinski definition) is 3. The fourth-order valence-electron chi connectivity index (χ4n) is 4.53. The van der Waals surface area contributed by atoms with Crippen LogP contribution in [0.25, 0.3) is 21.1 Å². The van der Waals surface area contributed by atoms with Crippen molar-refractivity contribution in [3.63, 3.8) is 0 Å². The van der Waals surface area contributed by atoms with Crippen molar-refractivity contribution in [1.82, 2.24) is 4.40 Å².